The van der Waals surface area contributed by atoms with Gasteiger partial charge in [-0.1, -0.05) is 19.8 Å². The first-order valence-corrected chi connectivity index (χ1v) is 9.78. The summed E-state index contributed by atoms with van der Waals surface area (Å²) in [7, 11) is 0. The van der Waals surface area contributed by atoms with Gasteiger partial charge < -0.3 is 4.74 Å². The fourth-order valence-corrected chi connectivity index (χ4v) is 5.03. The Morgan fingerprint density at radius 1 is 1.04 bits per heavy atom. The molecule has 4 rings (SSSR count). The topological polar surface area (TPSA) is 63.7 Å². The third-order valence-corrected chi connectivity index (χ3v) is 6.24. The molecule has 26 heavy (non-hydrogen) atoms. The molecular weight excluding hydrogens is 330 g/mol. The Hall–Kier alpha value is -2.17. The molecule has 1 saturated heterocycles. The molecule has 2 saturated carbocycles. The highest BCUT2D eigenvalue weighted by Gasteiger charge is 2.61. The van der Waals surface area contributed by atoms with Crippen molar-refractivity contribution in [3.63, 3.8) is 0 Å². The molecule has 5 heteroatoms. The Morgan fingerprint density at radius 3 is 2.23 bits per heavy atom. The van der Waals surface area contributed by atoms with Gasteiger partial charge in [-0.3, -0.25) is 19.3 Å². The summed E-state index contributed by atoms with van der Waals surface area (Å²) in [5.41, 5.74) is 0.583. The smallest absolute Gasteiger partial charge is 0.311 e. The van der Waals surface area contributed by atoms with Crippen LogP contribution in [0, 0.1) is 23.7 Å². The Balaban J connectivity index is 1.43. The largest absolute Gasteiger partial charge is 0.427 e. The molecule has 2 amide bonds. The highest BCUT2D eigenvalue weighted by molar-refractivity contribution is 6.22. The second kappa shape index (κ2) is 6.86. The van der Waals surface area contributed by atoms with Gasteiger partial charge in [-0.05, 0) is 61.8 Å². The Kier molecular flexibility index (Phi) is 4.55. The molecule has 5 nitrogen and oxygen atoms in total. The summed E-state index contributed by atoms with van der Waals surface area (Å²) >= 11 is 0. The van der Waals surface area contributed by atoms with Crippen LogP contribution >= 0.6 is 0 Å². The second-order valence-electron chi connectivity index (χ2n) is 7.82. The number of amides is 2. The zero-order valence-corrected chi connectivity index (χ0v) is 15.1. The lowest BCUT2D eigenvalue weighted by Crippen LogP contribution is -2.32. The van der Waals surface area contributed by atoms with Crippen LogP contribution in [0.5, 0.6) is 5.75 Å². The van der Waals surface area contributed by atoms with Crippen molar-refractivity contribution in [1.29, 1.82) is 0 Å². The number of anilines is 1. The number of hydrogen-bond acceptors (Lipinski definition) is 4. The molecule has 3 fully saturated rings. The number of carbonyl (C=O) groups excluding carboxylic acids is 3. The normalized spacial score (nSPS) is 29.3. The summed E-state index contributed by atoms with van der Waals surface area (Å²) in [5.74, 6) is 0.660. The monoisotopic (exact) mass is 355 g/mol. The summed E-state index contributed by atoms with van der Waals surface area (Å²) < 4.78 is 5.32. The maximum Gasteiger partial charge on any atom is 0.311 e. The van der Waals surface area contributed by atoms with Gasteiger partial charge in [0, 0.05) is 6.42 Å². The van der Waals surface area contributed by atoms with Crippen molar-refractivity contribution in [3.8, 4) is 5.75 Å². The number of rotatable bonds is 6. The average Bonchev–Trinajstić information content (AvgIpc) is 3.30. The molecule has 1 aromatic carbocycles. The number of carbonyl (C=O) groups is 3. The van der Waals surface area contributed by atoms with Gasteiger partial charge in [0.05, 0.1) is 17.5 Å². The Labute approximate surface area is 153 Å². The van der Waals surface area contributed by atoms with Crippen molar-refractivity contribution in [1.82, 2.24) is 0 Å². The van der Waals surface area contributed by atoms with Crippen molar-refractivity contribution in [3.05, 3.63) is 24.3 Å². The lowest BCUT2D eigenvalue weighted by atomic mass is 9.81. The molecule has 4 atom stereocenters. The van der Waals surface area contributed by atoms with Gasteiger partial charge in [-0.25, -0.2) is 0 Å². The van der Waals surface area contributed by atoms with E-state index in [1.165, 1.54) is 4.90 Å². The van der Waals surface area contributed by atoms with E-state index < -0.39 is 0 Å². The van der Waals surface area contributed by atoms with Gasteiger partial charge in [0.2, 0.25) is 11.8 Å². The number of esters is 1. The highest BCUT2D eigenvalue weighted by atomic mass is 16.5. The van der Waals surface area contributed by atoms with Crippen molar-refractivity contribution in [2.24, 2.45) is 23.7 Å². The number of unbranched alkanes of at least 4 members (excludes halogenated alkanes) is 2. The van der Waals surface area contributed by atoms with Gasteiger partial charge in [0.25, 0.3) is 0 Å². The number of imide groups is 1. The molecule has 0 spiro atoms. The molecular formula is C21H25NO4. The third kappa shape index (κ3) is 2.83. The molecule has 3 aliphatic rings. The van der Waals surface area contributed by atoms with Gasteiger partial charge >= 0.3 is 5.97 Å². The first-order valence-electron chi connectivity index (χ1n) is 9.78. The van der Waals surface area contributed by atoms with Crippen molar-refractivity contribution in [2.45, 2.75) is 51.9 Å². The van der Waals surface area contributed by atoms with E-state index in [0.29, 0.717) is 29.7 Å². The second-order valence-corrected chi connectivity index (χ2v) is 7.82. The Morgan fingerprint density at radius 2 is 1.65 bits per heavy atom. The van der Waals surface area contributed by atoms with Crippen LogP contribution in [0.2, 0.25) is 0 Å². The van der Waals surface area contributed by atoms with Crippen LogP contribution in [0.15, 0.2) is 24.3 Å². The molecule has 0 N–H and O–H groups in total. The van der Waals surface area contributed by atoms with E-state index in [1.54, 1.807) is 24.3 Å². The van der Waals surface area contributed by atoms with Crippen LogP contribution in [0.3, 0.4) is 0 Å². The molecule has 1 aliphatic heterocycles. The number of nitrogens with zero attached hydrogens (tertiary/aromatic N) is 1. The summed E-state index contributed by atoms with van der Waals surface area (Å²) in [5, 5.41) is 0. The average molecular weight is 355 g/mol. The van der Waals surface area contributed by atoms with Crippen LogP contribution in [0.1, 0.15) is 51.9 Å². The highest BCUT2D eigenvalue weighted by Crippen LogP contribution is 2.56. The summed E-state index contributed by atoms with van der Waals surface area (Å²) in [6.07, 6.45) is 6.49. The molecule has 138 valence electrons. The molecule has 2 aliphatic carbocycles. The molecule has 1 aromatic rings. The van der Waals surface area contributed by atoms with Crippen LogP contribution in [0.25, 0.3) is 0 Å². The maximum absolute atomic E-state index is 12.8. The third-order valence-electron chi connectivity index (χ3n) is 6.24. The van der Waals surface area contributed by atoms with Gasteiger partial charge in [-0.2, -0.15) is 0 Å². The van der Waals surface area contributed by atoms with Crippen molar-refractivity contribution < 1.29 is 19.1 Å². The van der Waals surface area contributed by atoms with E-state index in [9.17, 15) is 14.4 Å². The van der Waals surface area contributed by atoms with E-state index in [-0.39, 0.29) is 29.6 Å². The fourth-order valence-electron chi connectivity index (χ4n) is 5.03. The zero-order chi connectivity index (χ0) is 18.3. The van der Waals surface area contributed by atoms with Crippen LogP contribution in [-0.2, 0) is 14.4 Å². The summed E-state index contributed by atoms with van der Waals surface area (Å²) in [6.45, 7) is 2.09. The van der Waals surface area contributed by atoms with Crippen molar-refractivity contribution in [2.75, 3.05) is 4.90 Å². The summed E-state index contributed by atoms with van der Waals surface area (Å²) in [4.78, 5) is 38.8. The maximum atomic E-state index is 12.8. The predicted molar refractivity (Wildman–Crippen MR) is 96.5 cm³/mol. The molecule has 0 radical (unpaired) electrons. The molecule has 0 aromatic heterocycles. The predicted octanol–water partition coefficient (Wildman–Crippen LogP) is 3.71. The quantitative estimate of drug-likeness (QED) is 0.338. The fraction of sp³-hybridized carbons (Fsp3) is 0.571. The van der Waals surface area contributed by atoms with Gasteiger partial charge in [-0.15, -0.1) is 0 Å². The van der Waals surface area contributed by atoms with Gasteiger partial charge in [0.15, 0.2) is 0 Å². The SMILES string of the molecule is CCCCCC(=O)Oc1ccc(N2C(=O)[C@@H]3[C@@H]4CC[C@@H](C4)[C@@H]3C2=O)cc1. The first kappa shape index (κ1) is 17.3. The number of hydrogen-bond donors (Lipinski definition) is 0. The summed E-state index contributed by atoms with van der Waals surface area (Å²) in [6, 6.07) is 6.73. The van der Waals surface area contributed by atoms with Crippen molar-refractivity contribution >= 4 is 23.5 Å². The van der Waals surface area contributed by atoms with Crippen LogP contribution in [-0.4, -0.2) is 17.8 Å². The minimum atomic E-state index is -0.245. The number of fused-ring (bicyclic) bond motifs is 5. The van der Waals surface area contributed by atoms with E-state index in [1.807, 2.05) is 0 Å². The lowest BCUT2D eigenvalue weighted by molar-refractivity contribution is -0.134. The molecule has 2 bridgehead atoms. The lowest BCUT2D eigenvalue weighted by Gasteiger charge is -2.19. The van der Waals surface area contributed by atoms with E-state index >= 15 is 0 Å². The van der Waals surface area contributed by atoms with E-state index in [0.717, 1.165) is 38.5 Å². The van der Waals surface area contributed by atoms with E-state index in [4.69, 9.17) is 4.74 Å². The standard InChI is InChI=1S/C21H25NO4/c1-2-3-4-5-17(23)26-16-10-8-15(9-11-16)22-20(24)18-13-6-7-14(12-13)19(18)21(22)25/h8-11,13-14,18-19H,2-7,12H2,1H3/t13-,14+,18-,19+. The minimum Gasteiger partial charge on any atom is -0.427 e. The first-order chi connectivity index (χ1) is 12.6. The minimum absolute atomic E-state index is 0.0449. The molecule has 0 unspecified atom stereocenters. The van der Waals surface area contributed by atoms with Crippen LogP contribution < -0.4 is 9.64 Å². The van der Waals surface area contributed by atoms with Gasteiger partial charge in [0.1, 0.15) is 5.75 Å². The zero-order valence-electron chi connectivity index (χ0n) is 15.1. The number of ether oxygens (including phenoxy) is 1. The number of benzene rings is 1. The Bertz CT molecular complexity index is 698. The van der Waals surface area contributed by atoms with E-state index in [2.05, 4.69) is 6.92 Å². The molecule has 1 heterocycles. The van der Waals surface area contributed by atoms with Crippen LogP contribution in [0.4, 0.5) is 5.69 Å².